The number of nitrogens with zero attached hydrogens (tertiary/aromatic N) is 4. The first-order chi connectivity index (χ1) is 17.5. The number of imidazole rings is 1. The second kappa shape index (κ2) is 10.3. The molecule has 1 unspecified atom stereocenters. The molecule has 4 rings (SSSR count). The van der Waals surface area contributed by atoms with Crippen LogP contribution in [-0.4, -0.2) is 72.8 Å². The van der Waals surface area contributed by atoms with Crippen LogP contribution in [0.3, 0.4) is 0 Å². The molecule has 3 aromatic rings. The summed E-state index contributed by atoms with van der Waals surface area (Å²) in [5, 5.41) is 24.7. The Balaban J connectivity index is 1.60. The summed E-state index contributed by atoms with van der Waals surface area (Å²) in [5.74, 6) is -0.343. The summed E-state index contributed by atoms with van der Waals surface area (Å²) in [6.07, 6.45) is -2.34. The molecule has 14 nitrogen and oxygen atoms in total. The zero-order chi connectivity index (χ0) is 27.0. The third-order valence-corrected chi connectivity index (χ3v) is 7.74. The zero-order valence-electron chi connectivity index (χ0n) is 20.6. The summed E-state index contributed by atoms with van der Waals surface area (Å²) >= 11 is 0. The van der Waals surface area contributed by atoms with Crippen molar-refractivity contribution in [3.8, 4) is 5.75 Å². The zero-order valence-corrected chi connectivity index (χ0v) is 21.5. The number of hydrogen-bond donors (Lipinski definition) is 4. The van der Waals surface area contributed by atoms with Crippen LogP contribution in [0.2, 0.25) is 0 Å². The van der Waals surface area contributed by atoms with Crippen LogP contribution in [0.4, 0.5) is 5.82 Å². The molecule has 1 aromatic carbocycles. The maximum atomic E-state index is 13.8. The van der Waals surface area contributed by atoms with Crippen molar-refractivity contribution in [1.29, 1.82) is 0 Å². The van der Waals surface area contributed by atoms with E-state index in [1.165, 1.54) is 45.1 Å². The van der Waals surface area contributed by atoms with Gasteiger partial charge in [-0.25, -0.2) is 19.5 Å². The number of ether oxygens (including phenoxy) is 2. The van der Waals surface area contributed by atoms with Gasteiger partial charge in [0.05, 0.1) is 19.5 Å². The van der Waals surface area contributed by atoms with E-state index in [0.29, 0.717) is 5.52 Å². The van der Waals surface area contributed by atoms with Crippen molar-refractivity contribution >= 4 is 30.7 Å². The lowest BCUT2D eigenvalue weighted by molar-refractivity contribution is -0.142. The van der Waals surface area contributed by atoms with Crippen LogP contribution in [0.15, 0.2) is 43.0 Å². The standard InChI is InChI=1S/C22H29N6O8P/c1-12(20(30)33-4)27-37(32,36-14-8-6-5-7-9-14)35-13(2)16-17(29)22(3,31)21(34-16)28-11-26-15-18(23)24-10-25-19(15)28/h5-13,16-17,21,29,31H,1-4H3,(H,27,32)(H2,23,24,25)/t12-,13-,16+,17+,21+,22+,37?/m0/s1. The van der Waals surface area contributed by atoms with Crippen molar-refractivity contribution < 1.29 is 38.1 Å². The molecule has 200 valence electrons. The molecule has 0 bridgehead atoms. The normalized spacial score (nSPS) is 26.9. The molecule has 0 radical (unpaired) electrons. The van der Waals surface area contributed by atoms with Crippen LogP contribution in [-0.2, 0) is 23.4 Å². The second-order valence-electron chi connectivity index (χ2n) is 8.79. The predicted octanol–water partition coefficient (Wildman–Crippen LogP) is 1.16. The van der Waals surface area contributed by atoms with Crippen LogP contribution >= 0.6 is 7.75 Å². The maximum absolute atomic E-state index is 13.8. The molecule has 0 amide bonds. The van der Waals surface area contributed by atoms with Gasteiger partial charge in [0.1, 0.15) is 41.4 Å². The van der Waals surface area contributed by atoms with Crippen LogP contribution in [0, 0.1) is 0 Å². The molecule has 1 saturated heterocycles. The van der Waals surface area contributed by atoms with Gasteiger partial charge in [-0.3, -0.25) is 13.9 Å². The van der Waals surface area contributed by atoms with E-state index >= 15 is 0 Å². The van der Waals surface area contributed by atoms with Gasteiger partial charge in [0, 0.05) is 0 Å². The quantitative estimate of drug-likeness (QED) is 0.225. The molecule has 2 aromatic heterocycles. The number of benzene rings is 1. The minimum Gasteiger partial charge on any atom is -0.468 e. The van der Waals surface area contributed by atoms with Crippen molar-refractivity contribution in [2.75, 3.05) is 12.8 Å². The Labute approximate surface area is 212 Å². The third-order valence-electron chi connectivity index (χ3n) is 5.98. The summed E-state index contributed by atoms with van der Waals surface area (Å²) < 4.78 is 37.3. The molecule has 7 atom stereocenters. The van der Waals surface area contributed by atoms with Crippen molar-refractivity contribution in [1.82, 2.24) is 24.6 Å². The Morgan fingerprint density at radius 1 is 1.27 bits per heavy atom. The van der Waals surface area contributed by atoms with Gasteiger partial charge in [0.25, 0.3) is 0 Å². The van der Waals surface area contributed by atoms with E-state index in [2.05, 4.69) is 20.0 Å². The fourth-order valence-electron chi connectivity index (χ4n) is 4.04. The number of anilines is 1. The summed E-state index contributed by atoms with van der Waals surface area (Å²) in [6.45, 7) is 4.30. The van der Waals surface area contributed by atoms with E-state index in [1.807, 2.05) is 0 Å². The number of carbonyl (C=O) groups is 1. The lowest BCUT2D eigenvalue weighted by Crippen LogP contribution is -2.46. The van der Waals surface area contributed by atoms with Gasteiger partial charge in [-0.1, -0.05) is 18.2 Å². The van der Waals surface area contributed by atoms with Gasteiger partial charge in [0.15, 0.2) is 17.7 Å². The van der Waals surface area contributed by atoms with Crippen LogP contribution in [0.25, 0.3) is 11.2 Å². The minimum absolute atomic E-state index is 0.139. The Kier molecular flexibility index (Phi) is 7.51. The highest BCUT2D eigenvalue weighted by atomic mass is 31.2. The van der Waals surface area contributed by atoms with Gasteiger partial charge in [0.2, 0.25) is 0 Å². The number of aliphatic hydroxyl groups is 2. The number of methoxy groups -OCH3 is 1. The molecular weight excluding hydrogens is 507 g/mol. The van der Waals surface area contributed by atoms with E-state index in [4.69, 9.17) is 24.3 Å². The van der Waals surface area contributed by atoms with Crippen molar-refractivity contribution in [2.45, 2.75) is 57.0 Å². The van der Waals surface area contributed by atoms with Gasteiger partial charge in [-0.15, -0.1) is 0 Å². The number of esters is 1. The van der Waals surface area contributed by atoms with Crippen molar-refractivity contribution in [3.05, 3.63) is 43.0 Å². The molecule has 0 aliphatic carbocycles. The van der Waals surface area contributed by atoms with Gasteiger partial charge >= 0.3 is 13.7 Å². The number of rotatable bonds is 9. The maximum Gasteiger partial charge on any atom is 0.459 e. The van der Waals surface area contributed by atoms with Crippen molar-refractivity contribution in [2.24, 2.45) is 0 Å². The lowest BCUT2D eigenvalue weighted by atomic mass is 9.94. The number of aliphatic hydroxyl groups excluding tert-OH is 1. The molecule has 5 N–H and O–H groups in total. The van der Waals surface area contributed by atoms with E-state index < -0.39 is 49.9 Å². The SMILES string of the molecule is COC(=O)[C@H](C)NP(=O)(Oc1ccccc1)O[C@@H](C)[C@H]1O[C@@H](n2cnc3c(N)ncnc32)[C@](C)(O)[C@@H]1O. The van der Waals surface area contributed by atoms with E-state index in [-0.39, 0.29) is 17.2 Å². The number of fused-ring (bicyclic) bond motifs is 1. The fourth-order valence-corrected chi connectivity index (χ4v) is 5.73. The number of nitrogens with one attached hydrogen (secondary N) is 1. The lowest BCUT2D eigenvalue weighted by Gasteiger charge is -2.29. The highest BCUT2D eigenvalue weighted by Gasteiger charge is 2.56. The molecule has 0 spiro atoms. The van der Waals surface area contributed by atoms with E-state index in [1.54, 1.807) is 30.3 Å². The smallest absolute Gasteiger partial charge is 0.459 e. The average molecular weight is 536 g/mol. The van der Waals surface area contributed by atoms with E-state index in [9.17, 15) is 19.6 Å². The molecule has 1 fully saturated rings. The number of nitrogens with two attached hydrogens (primary N) is 1. The molecule has 1 aliphatic rings. The van der Waals surface area contributed by atoms with Crippen LogP contribution in [0.5, 0.6) is 5.75 Å². The number of hydrogen-bond acceptors (Lipinski definition) is 12. The van der Waals surface area contributed by atoms with Crippen LogP contribution < -0.4 is 15.3 Å². The molecule has 3 heterocycles. The number of nitrogen functional groups attached to an aromatic ring is 1. The number of aromatic nitrogens is 4. The molecule has 0 saturated carbocycles. The van der Waals surface area contributed by atoms with E-state index in [0.717, 1.165) is 0 Å². The largest absolute Gasteiger partial charge is 0.468 e. The molecule has 37 heavy (non-hydrogen) atoms. The summed E-state index contributed by atoms with van der Waals surface area (Å²) in [7, 11) is -3.06. The number of carbonyl (C=O) groups excluding carboxylic acids is 1. The summed E-state index contributed by atoms with van der Waals surface area (Å²) in [5.41, 5.74) is 4.60. The topological polar surface area (TPSA) is 193 Å². The number of para-hydroxylation sites is 1. The fraction of sp³-hybridized carbons (Fsp3) is 0.455. The van der Waals surface area contributed by atoms with Crippen molar-refractivity contribution in [3.63, 3.8) is 0 Å². The highest BCUT2D eigenvalue weighted by molar-refractivity contribution is 7.52. The first kappa shape index (κ1) is 26.9. The average Bonchev–Trinajstić information content (AvgIpc) is 3.38. The Morgan fingerprint density at radius 3 is 2.65 bits per heavy atom. The first-order valence-electron chi connectivity index (χ1n) is 11.3. The van der Waals surface area contributed by atoms with Gasteiger partial charge in [-0.2, -0.15) is 5.09 Å². The summed E-state index contributed by atoms with van der Waals surface area (Å²) in [4.78, 5) is 24.2. The summed E-state index contributed by atoms with van der Waals surface area (Å²) in [6, 6.07) is 7.15. The van der Waals surface area contributed by atoms with Gasteiger partial charge < -0.3 is 29.9 Å². The third kappa shape index (κ3) is 5.30. The molecule has 15 heteroatoms. The monoisotopic (exact) mass is 536 g/mol. The minimum atomic E-state index is -4.25. The molecule has 1 aliphatic heterocycles. The van der Waals surface area contributed by atoms with Crippen LogP contribution in [0.1, 0.15) is 27.0 Å². The van der Waals surface area contributed by atoms with Gasteiger partial charge in [-0.05, 0) is 32.9 Å². The Bertz CT molecular complexity index is 1300. The Hall–Kier alpha value is -3.13. The molecular formula is C22H29N6O8P. The highest BCUT2D eigenvalue weighted by Crippen LogP contribution is 2.49. The second-order valence-corrected chi connectivity index (χ2v) is 10.4. The predicted molar refractivity (Wildman–Crippen MR) is 130 cm³/mol. The first-order valence-corrected chi connectivity index (χ1v) is 12.9. The Morgan fingerprint density at radius 2 is 1.97 bits per heavy atom.